The molecule has 2 rings (SSSR count). The van der Waals surface area contributed by atoms with E-state index in [-0.39, 0.29) is 24.0 Å². The number of ether oxygens (including phenoxy) is 2. The van der Waals surface area contributed by atoms with Crippen molar-refractivity contribution in [2.75, 3.05) is 13.2 Å². The highest BCUT2D eigenvalue weighted by Crippen LogP contribution is 2.25. The molecule has 1 N–H and O–H groups in total. The molecule has 0 spiro atoms. The number of aliphatic carboxylic acids is 1. The largest absolute Gasteiger partial charge is 0.483 e. The van der Waals surface area contributed by atoms with Crippen molar-refractivity contribution in [3.63, 3.8) is 0 Å². The zero-order valence-corrected chi connectivity index (χ0v) is 21.5. The Bertz CT molecular complexity index is 1100. The van der Waals surface area contributed by atoms with Crippen LogP contribution in [-0.2, 0) is 22.9 Å². The van der Waals surface area contributed by atoms with E-state index in [0.717, 1.165) is 10.7 Å². The van der Waals surface area contributed by atoms with Crippen molar-refractivity contribution < 1.29 is 37.3 Å². The predicted octanol–water partition coefficient (Wildman–Crippen LogP) is 3.61. The van der Waals surface area contributed by atoms with Crippen LogP contribution in [-0.4, -0.2) is 65.1 Å². The van der Waals surface area contributed by atoms with Gasteiger partial charge in [0, 0.05) is 14.7 Å². The van der Waals surface area contributed by atoms with Gasteiger partial charge in [-0.25, -0.2) is 4.68 Å². The molecule has 1 heterocycles. The first kappa shape index (κ1) is 29.0. The maximum absolute atomic E-state index is 13.4. The molecular formula is C23H30F3N3O6Si. The number of hydrogen-bond donors (Lipinski definition) is 1. The average Bonchev–Trinajstić information content (AvgIpc) is 2.78. The Kier molecular flexibility index (Phi) is 9.82. The summed E-state index contributed by atoms with van der Waals surface area (Å²) in [5.41, 5.74) is -1.25. The van der Waals surface area contributed by atoms with Crippen molar-refractivity contribution in [3.8, 4) is 5.75 Å². The number of rotatable bonds is 12. The summed E-state index contributed by atoms with van der Waals surface area (Å²) >= 11 is 0. The predicted molar refractivity (Wildman–Crippen MR) is 128 cm³/mol. The molecule has 0 saturated carbocycles. The highest BCUT2D eigenvalue weighted by atomic mass is 28.3. The first-order chi connectivity index (χ1) is 16.7. The zero-order chi connectivity index (χ0) is 27.1. The second-order valence-corrected chi connectivity index (χ2v) is 15.0. The number of halogens is 3. The highest BCUT2D eigenvalue weighted by Gasteiger charge is 2.44. The van der Waals surface area contributed by atoms with Crippen LogP contribution in [0.15, 0.2) is 41.3 Å². The number of carboxylic acids is 1. The van der Waals surface area contributed by atoms with Crippen LogP contribution in [0.3, 0.4) is 0 Å². The fourth-order valence-corrected chi connectivity index (χ4v) is 3.69. The molecule has 198 valence electrons. The third-order valence-corrected chi connectivity index (χ3v) is 6.81. The minimum Gasteiger partial charge on any atom is -0.483 e. The minimum absolute atomic E-state index is 0.0451. The summed E-state index contributed by atoms with van der Waals surface area (Å²) in [6.45, 7) is 5.94. The number of hydrogen-bond acceptors (Lipinski definition) is 6. The average molecular weight is 530 g/mol. The van der Waals surface area contributed by atoms with E-state index in [9.17, 15) is 27.6 Å². The summed E-state index contributed by atoms with van der Waals surface area (Å²) in [4.78, 5) is 37.3. The summed E-state index contributed by atoms with van der Waals surface area (Å²) in [5.74, 6) is -3.49. The lowest BCUT2D eigenvalue weighted by molar-refractivity contribution is -0.174. The van der Waals surface area contributed by atoms with E-state index in [1.807, 2.05) is 0 Å². The van der Waals surface area contributed by atoms with Crippen LogP contribution in [0.25, 0.3) is 0 Å². The van der Waals surface area contributed by atoms with E-state index in [4.69, 9.17) is 14.6 Å². The SMILES string of the molecule is CC(N(CC(=O)O)C(=O)c1nn(COCC[Si](C)(C)C)cc(OCc2ccccc2)c1=O)C(F)(F)F. The fraction of sp³-hybridized carbons (Fsp3) is 0.478. The van der Waals surface area contributed by atoms with Crippen molar-refractivity contribution >= 4 is 20.0 Å². The number of carbonyl (C=O) groups excluding carboxylic acids is 1. The lowest BCUT2D eigenvalue weighted by Gasteiger charge is -2.29. The van der Waals surface area contributed by atoms with Crippen LogP contribution >= 0.6 is 0 Å². The van der Waals surface area contributed by atoms with E-state index >= 15 is 0 Å². The van der Waals surface area contributed by atoms with Gasteiger partial charge in [0.25, 0.3) is 11.3 Å². The number of alkyl halides is 3. The van der Waals surface area contributed by atoms with Crippen LogP contribution in [0.4, 0.5) is 13.2 Å². The highest BCUT2D eigenvalue weighted by molar-refractivity contribution is 6.76. The van der Waals surface area contributed by atoms with Crippen LogP contribution in [0.1, 0.15) is 23.0 Å². The van der Waals surface area contributed by atoms with E-state index in [0.29, 0.717) is 19.1 Å². The van der Waals surface area contributed by atoms with E-state index in [2.05, 4.69) is 24.7 Å². The van der Waals surface area contributed by atoms with Gasteiger partial charge in [-0.1, -0.05) is 50.0 Å². The number of carboxylic acid groups (broad SMARTS) is 1. The molecule has 0 radical (unpaired) electrons. The zero-order valence-electron chi connectivity index (χ0n) is 20.5. The Morgan fingerprint density at radius 1 is 1.19 bits per heavy atom. The first-order valence-corrected chi connectivity index (χ1v) is 14.9. The topological polar surface area (TPSA) is 111 Å². The van der Waals surface area contributed by atoms with Gasteiger partial charge in [-0.2, -0.15) is 18.3 Å². The van der Waals surface area contributed by atoms with E-state index < -0.39 is 49.8 Å². The van der Waals surface area contributed by atoms with Crippen molar-refractivity contribution in [2.45, 2.75) is 58.2 Å². The van der Waals surface area contributed by atoms with Crippen molar-refractivity contribution in [2.24, 2.45) is 0 Å². The Balaban J connectivity index is 2.42. The van der Waals surface area contributed by atoms with Gasteiger partial charge in [-0.3, -0.25) is 14.4 Å². The summed E-state index contributed by atoms with van der Waals surface area (Å²) in [5, 5.41) is 13.0. The van der Waals surface area contributed by atoms with Crippen LogP contribution in [0.2, 0.25) is 25.7 Å². The Morgan fingerprint density at radius 3 is 2.39 bits per heavy atom. The van der Waals surface area contributed by atoms with Gasteiger partial charge >= 0.3 is 12.1 Å². The molecule has 1 atom stereocenters. The van der Waals surface area contributed by atoms with Gasteiger partial charge in [0.2, 0.25) is 0 Å². The summed E-state index contributed by atoms with van der Waals surface area (Å²) < 4.78 is 52.3. The smallest absolute Gasteiger partial charge is 0.408 e. The molecule has 13 heteroatoms. The number of amides is 1. The molecule has 36 heavy (non-hydrogen) atoms. The van der Waals surface area contributed by atoms with E-state index in [1.165, 1.54) is 6.20 Å². The Morgan fingerprint density at radius 2 is 1.83 bits per heavy atom. The molecule has 1 unspecified atom stereocenters. The number of nitrogens with zero attached hydrogens (tertiary/aromatic N) is 3. The van der Waals surface area contributed by atoms with Crippen molar-refractivity contribution in [1.82, 2.24) is 14.7 Å². The second kappa shape index (κ2) is 12.2. The number of benzene rings is 1. The number of carbonyl (C=O) groups is 2. The van der Waals surface area contributed by atoms with Crippen LogP contribution in [0, 0.1) is 0 Å². The molecule has 0 aliphatic heterocycles. The molecule has 0 aliphatic rings. The quantitative estimate of drug-likeness (QED) is 0.330. The summed E-state index contributed by atoms with van der Waals surface area (Å²) in [7, 11) is -1.41. The standard InChI is InChI=1S/C23H30F3N3O6Si/c1-16(23(24,25)26)29(13-19(30)31)22(33)20-21(32)18(35-14-17-8-6-5-7-9-17)12-28(27-20)15-34-10-11-36(2,3)4/h5-9,12,16H,10-11,13-15H2,1-4H3,(H,30,31). The lowest BCUT2D eigenvalue weighted by atomic mass is 10.2. The molecule has 1 aromatic heterocycles. The fourth-order valence-electron chi connectivity index (χ4n) is 2.94. The Hall–Kier alpha value is -3.19. The molecule has 0 aliphatic carbocycles. The molecule has 2 aromatic rings. The van der Waals surface area contributed by atoms with E-state index in [1.54, 1.807) is 30.3 Å². The third-order valence-electron chi connectivity index (χ3n) is 5.10. The van der Waals surface area contributed by atoms with Gasteiger partial charge in [-0.05, 0) is 18.5 Å². The maximum atomic E-state index is 13.4. The maximum Gasteiger partial charge on any atom is 0.408 e. The van der Waals surface area contributed by atoms with Crippen molar-refractivity contribution in [1.29, 1.82) is 0 Å². The lowest BCUT2D eigenvalue weighted by Crippen LogP contribution is -2.50. The van der Waals surface area contributed by atoms with Gasteiger partial charge in [0.1, 0.15) is 25.9 Å². The molecule has 0 saturated heterocycles. The van der Waals surface area contributed by atoms with Gasteiger partial charge in [0.15, 0.2) is 11.4 Å². The molecule has 9 nitrogen and oxygen atoms in total. The molecule has 0 bridgehead atoms. The second-order valence-electron chi connectivity index (χ2n) is 9.38. The van der Waals surface area contributed by atoms with Crippen molar-refractivity contribution in [3.05, 3.63) is 58.0 Å². The summed E-state index contributed by atoms with van der Waals surface area (Å²) in [6.07, 6.45) is -3.73. The Labute approximate surface area is 207 Å². The number of aromatic nitrogens is 2. The van der Waals surface area contributed by atoms with Crippen LogP contribution < -0.4 is 10.2 Å². The third kappa shape index (κ3) is 8.79. The first-order valence-electron chi connectivity index (χ1n) is 11.1. The van der Waals surface area contributed by atoms with Gasteiger partial charge in [-0.15, -0.1) is 0 Å². The molecule has 1 aromatic carbocycles. The monoisotopic (exact) mass is 529 g/mol. The molecule has 0 fully saturated rings. The summed E-state index contributed by atoms with van der Waals surface area (Å²) in [6, 6.07) is 7.13. The van der Waals surface area contributed by atoms with Gasteiger partial charge in [0.05, 0.1) is 6.20 Å². The molecule has 1 amide bonds. The molecular weight excluding hydrogens is 499 g/mol. The minimum atomic E-state index is -4.93. The van der Waals surface area contributed by atoms with Gasteiger partial charge < -0.3 is 19.5 Å². The normalized spacial score (nSPS) is 12.8. The van der Waals surface area contributed by atoms with Crippen LogP contribution in [0.5, 0.6) is 5.75 Å².